The highest BCUT2D eigenvalue weighted by atomic mass is 35.5. The molecule has 33 heavy (non-hydrogen) atoms. The second kappa shape index (κ2) is 10.0. The highest BCUT2D eigenvalue weighted by Crippen LogP contribution is 2.25. The molecule has 0 radical (unpaired) electrons. The van der Waals surface area contributed by atoms with E-state index in [4.69, 9.17) is 16.3 Å². The van der Waals surface area contributed by atoms with E-state index in [0.29, 0.717) is 30.2 Å². The van der Waals surface area contributed by atoms with Crippen LogP contribution in [0.15, 0.2) is 67.0 Å². The maximum absolute atomic E-state index is 13.3. The Kier molecular flexibility index (Phi) is 6.90. The molecule has 2 aromatic carbocycles. The van der Waals surface area contributed by atoms with Crippen LogP contribution in [-0.4, -0.2) is 34.4 Å². The summed E-state index contributed by atoms with van der Waals surface area (Å²) in [7, 11) is 1.65. The van der Waals surface area contributed by atoms with Crippen molar-refractivity contribution in [3.05, 3.63) is 100.0 Å². The van der Waals surface area contributed by atoms with Gasteiger partial charge in [0.1, 0.15) is 10.9 Å². The normalized spacial score (nSPS) is 10.9. The average Bonchev–Trinajstić information content (AvgIpc) is 2.83. The van der Waals surface area contributed by atoms with Gasteiger partial charge in [-0.1, -0.05) is 23.7 Å². The molecular formula is C27H26ClN3O2. The largest absolute Gasteiger partial charge is 0.497 e. The Morgan fingerprint density at radius 3 is 2.52 bits per heavy atom. The van der Waals surface area contributed by atoms with E-state index in [9.17, 15) is 4.79 Å². The number of aryl methyl sites for hydroxylation is 2. The van der Waals surface area contributed by atoms with Crippen LogP contribution in [0.2, 0.25) is 5.15 Å². The van der Waals surface area contributed by atoms with E-state index >= 15 is 0 Å². The zero-order valence-electron chi connectivity index (χ0n) is 19.0. The zero-order chi connectivity index (χ0) is 23.4. The lowest BCUT2D eigenvalue weighted by atomic mass is 10.0. The first-order valence-corrected chi connectivity index (χ1v) is 11.2. The zero-order valence-corrected chi connectivity index (χ0v) is 19.8. The van der Waals surface area contributed by atoms with Crippen molar-refractivity contribution in [2.24, 2.45) is 0 Å². The molecule has 0 N–H and O–H groups in total. The molecule has 0 saturated heterocycles. The number of ether oxygens (including phenoxy) is 1. The van der Waals surface area contributed by atoms with Gasteiger partial charge in [0.15, 0.2) is 0 Å². The monoisotopic (exact) mass is 459 g/mol. The van der Waals surface area contributed by atoms with Crippen molar-refractivity contribution in [2.75, 3.05) is 13.7 Å². The van der Waals surface area contributed by atoms with E-state index in [1.807, 2.05) is 36.4 Å². The number of amides is 1. The van der Waals surface area contributed by atoms with Crippen LogP contribution in [0, 0.1) is 13.8 Å². The topological polar surface area (TPSA) is 55.3 Å². The number of aromatic nitrogens is 2. The predicted molar refractivity (Wildman–Crippen MR) is 132 cm³/mol. The summed E-state index contributed by atoms with van der Waals surface area (Å²) in [5.41, 5.74) is 5.71. The Hall–Kier alpha value is -3.44. The summed E-state index contributed by atoms with van der Waals surface area (Å²) in [4.78, 5) is 23.9. The minimum absolute atomic E-state index is 0.0899. The molecule has 5 nitrogen and oxygen atoms in total. The van der Waals surface area contributed by atoms with E-state index in [1.54, 1.807) is 36.5 Å². The van der Waals surface area contributed by atoms with Crippen LogP contribution >= 0.6 is 11.6 Å². The SMILES string of the molecule is COc1ccc(CCN(Cc2cc3cc(C)c(C)cc3nc2Cl)C(=O)c2cccnc2)cc1. The number of pyridine rings is 2. The van der Waals surface area contributed by atoms with Gasteiger partial charge in [-0.3, -0.25) is 9.78 Å². The van der Waals surface area contributed by atoms with Gasteiger partial charge in [-0.2, -0.15) is 0 Å². The van der Waals surface area contributed by atoms with Crippen LogP contribution in [0.1, 0.15) is 32.6 Å². The van der Waals surface area contributed by atoms with Crippen molar-refractivity contribution in [3.8, 4) is 5.75 Å². The van der Waals surface area contributed by atoms with E-state index in [2.05, 4.69) is 29.9 Å². The molecule has 0 atom stereocenters. The minimum Gasteiger partial charge on any atom is -0.497 e. The second-order valence-corrected chi connectivity index (χ2v) is 8.49. The molecule has 0 spiro atoms. The van der Waals surface area contributed by atoms with Crippen LogP contribution in [0.25, 0.3) is 10.9 Å². The average molecular weight is 460 g/mol. The molecule has 168 valence electrons. The molecule has 2 heterocycles. The maximum atomic E-state index is 13.3. The number of methoxy groups -OCH3 is 1. The third-order valence-corrected chi connectivity index (χ3v) is 6.17. The van der Waals surface area contributed by atoms with Gasteiger partial charge in [0.2, 0.25) is 0 Å². The van der Waals surface area contributed by atoms with Crippen LogP contribution < -0.4 is 4.74 Å². The lowest BCUT2D eigenvalue weighted by molar-refractivity contribution is 0.0744. The van der Waals surface area contributed by atoms with Gasteiger partial charge in [-0.15, -0.1) is 0 Å². The number of halogens is 1. The number of benzene rings is 2. The first-order valence-electron chi connectivity index (χ1n) is 10.8. The molecule has 4 rings (SSSR count). The standard InChI is InChI=1S/C27H26ClN3O2/c1-18-13-22-15-23(26(28)30-25(22)14-19(18)2)17-31(27(32)21-5-4-11-29-16-21)12-10-20-6-8-24(33-3)9-7-20/h4-9,11,13-16H,10,12,17H2,1-3H3. The molecule has 0 aliphatic rings. The van der Waals surface area contributed by atoms with Crippen LogP contribution in [-0.2, 0) is 13.0 Å². The fourth-order valence-electron chi connectivity index (χ4n) is 3.76. The van der Waals surface area contributed by atoms with E-state index in [0.717, 1.165) is 27.8 Å². The van der Waals surface area contributed by atoms with Gasteiger partial charge in [0.05, 0.1) is 18.2 Å². The van der Waals surface area contributed by atoms with Crippen molar-refractivity contribution < 1.29 is 9.53 Å². The molecule has 0 aliphatic carbocycles. The summed E-state index contributed by atoms with van der Waals surface area (Å²) >= 11 is 6.57. The molecular weight excluding hydrogens is 434 g/mol. The van der Waals surface area contributed by atoms with Crippen LogP contribution in [0.4, 0.5) is 0 Å². The molecule has 4 aromatic rings. The van der Waals surface area contributed by atoms with E-state index in [-0.39, 0.29) is 5.91 Å². The fourth-order valence-corrected chi connectivity index (χ4v) is 3.96. The molecule has 0 fully saturated rings. The molecule has 0 bridgehead atoms. The predicted octanol–water partition coefficient (Wildman–Crippen LogP) is 5.79. The summed E-state index contributed by atoms with van der Waals surface area (Å²) in [6, 6.07) is 17.6. The summed E-state index contributed by atoms with van der Waals surface area (Å²) in [6.45, 7) is 5.03. The third kappa shape index (κ3) is 5.32. The minimum atomic E-state index is -0.0899. The Bertz CT molecular complexity index is 1270. The Balaban J connectivity index is 1.63. The van der Waals surface area contributed by atoms with E-state index in [1.165, 1.54) is 11.1 Å². The number of hydrogen-bond acceptors (Lipinski definition) is 4. The quantitative estimate of drug-likeness (QED) is 0.328. The Morgan fingerprint density at radius 1 is 1.06 bits per heavy atom. The van der Waals surface area contributed by atoms with Crippen molar-refractivity contribution in [1.82, 2.24) is 14.9 Å². The number of hydrogen-bond donors (Lipinski definition) is 0. The number of rotatable bonds is 7. The Labute approximate surface area is 199 Å². The molecule has 0 unspecified atom stereocenters. The third-order valence-electron chi connectivity index (χ3n) is 5.84. The fraction of sp³-hybridized carbons (Fsp3) is 0.222. The summed E-state index contributed by atoms with van der Waals surface area (Å²) < 4.78 is 5.24. The van der Waals surface area contributed by atoms with Crippen molar-refractivity contribution in [3.63, 3.8) is 0 Å². The van der Waals surface area contributed by atoms with Crippen LogP contribution in [0.5, 0.6) is 5.75 Å². The smallest absolute Gasteiger partial charge is 0.255 e. The molecule has 2 aromatic heterocycles. The number of carbonyl (C=O) groups is 1. The van der Waals surface area contributed by atoms with Gasteiger partial charge in [0, 0.05) is 36.4 Å². The van der Waals surface area contributed by atoms with Gasteiger partial charge in [0.25, 0.3) is 5.91 Å². The highest BCUT2D eigenvalue weighted by Gasteiger charge is 2.19. The van der Waals surface area contributed by atoms with Crippen LogP contribution in [0.3, 0.4) is 0 Å². The molecule has 0 aliphatic heterocycles. The summed E-state index contributed by atoms with van der Waals surface area (Å²) in [5.74, 6) is 0.717. The Morgan fingerprint density at radius 2 is 1.82 bits per heavy atom. The van der Waals surface area contributed by atoms with Crippen molar-refractivity contribution >= 4 is 28.4 Å². The molecule has 0 saturated carbocycles. The lowest BCUT2D eigenvalue weighted by Gasteiger charge is -2.24. The number of carbonyl (C=O) groups excluding carboxylic acids is 1. The van der Waals surface area contributed by atoms with Gasteiger partial charge < -0.3 is 9.64 Å². The maximum Gasteiger partial charge on any atom is 0.255 e. The van der Waals surface area contributed by atoms with E-state index < -0.39 is 0 Å². The van der Waals surface area contributed by atoms with Gasteiger partial charge >= 0.3 is 0 Å². The first-order chi connectivity index (χ1) is 15.9. The summed E-state index contributed by atoms with van der Waals surface area (Å²) in [5, 5.41) is 1.43. The highest BCUT2D eigenvalue weighted by molar-refractivity contribution is 6.30. The summed E-state index contributed by atoms with van der Waals surface area (Å²) in [6.07, 6.45) is 3.95. The lowest BCUT2D eigenvalue weighted by Crippen LogP contribution is -2.32. The van der Waals surface area contributed by atoms with Gasteiger partial charge in [-0.25, -0.2) is 4.98 Å². The number of nitrogens with zero attached hydrogens (tertiary/aromatic N) is 3. The first kappa shape index (κ1) is 22.7. The second-order valence-electron chi connectivity index (χ2n) is 8.13. The van der Waals surface area contributed by atoms with Gasteiger partial charge in [-0.05, 0) is 79.4 Å². The molecule has 1 amide bonds. The van der Waals surface area contributed by atoms with Crippen molar-refractivity contribution in [1.29, 1.82) is 0 Å². The van der Waals surface area contributed by atoms with Crippen molar-refractivity contribution in [2.45, 2.75) is 26.8 Å². The number of fused-ring (bicyclic) bond motifs is 1. The molecule has 6 heteroatoms.